The molecule has 0 spiro atoms. The fraction of sp³-hybridized carbons (Fsp3) is 0.241. The fourth-order valence-electron chi connectivity index (χ4n) is 5.01. The molecule has 9 nitrogen and oxygen atoms in total. The van der Waals surface area contributed by atoms with Crippen LogP contribution in [-0.4, -0.2) is 54.9 Å². The summed E-state index contributed by atoms with van der Waals surface area (Å²) in [6.07, 6.45) is 1.10. The molecule has 0 aromatic heterocycles. The number of nitro benzene ring substituents is 1. The minimum Gasteiger partial charge on any atom is -0.370 e. The number of amides is 2. The van der Waals surface area contributed by atoms with Crippen molar-refractivity contribution in [2.24, 2.45) is 0 Å². The largest absolute Gasteiger partial charge is 0.370 e. The number of hydrogen-bond acceptors (Lipinski definition) is 7. The third-order valence-corrected chi connectivity index (χ3v) is 6.97. The highest BCUT2D eigenvalue weighted by Gasteiger charge is 2.38. The number of benzene rings is 3. The topological polar surface area (TPSA) is 99.0 Å². The first-order valence-electron chi connectivity index (χ1n) is 12.6. The lowest BCUT2D eigenvalue weighted by atomic mass is 9.99. The lowest BCUT2D eigenvalue weighted by Crippen LogP contribution is -2.31. The Morgan fingerprint density at radius 2 is 1.68 bits per heavy atom. The monoisotopic (exact) mass is 511 g/mol. The van der Waals surface area contributed by atoms with Crippen LogP contribution in [-0.2, 0) is 9.59 Å². The molecule has 0 aliphatic carbocycles. The number of hydrogen-bond donors (Lipinski definition) is 1. The van der Waals surface area contributed by atoms with Gasteiger partial charge in [-0.3, -0.25) is 19.7 Å². The molecule has 1 N–H and O–H groups in total. The number of carbonyl (C=O) groups excluding carboxylic acids is 2. The highest BCUT2D eigenvalue weighted by molar-refractivity contribution is 6.43. The summed E-state index contributed by atoms with van der Waals surface area (Å²) in [4.78, 5) is 42.7. The van der Waals surface area contributed by atoms with Gasteiger partial charge in [-0.1, -0.05) is 30.3 Å². The summed E-state index contributed by atoms with van der Waals surface area (Å²) in [7, 11) is 2.14. The number of anilines is 3. The Balaban J connectivity index is 1.57. The third kappa shape index (κ3) is 4.88. The van der Waals surface area contributed by atoms with Gasteiger partial charge in [-0.2, -0.15) is 0 Å². The molecule has 3 aromatic rings. The Kier molecular flexibility index (Phi) is 6.93. The van der Waals surface area contributed by atoms with E-state index in [4.69, 9.17) is 0 Å². The van der Waals surface area contributed by atoms with E-state index >= 15 is 0 Å². The molecule has 2 aliphatic heterocycles. The number of non-ortho nitro benzene ring substituents is 1. The van der Waals surface area contributed by atoms with Gasteiger partial charge in [0, 0.05) is 55.6 Å². The van der Waals surface area contributed by atoms with Crippen LogP contribution in [0.3, 0.4) is 0 Å². The first-order valence-corrected chi connectivity index (χ1v) is 12.6. The van der Waals surface area contributed by atoms with Crippen molar-refractivity contribution < 1.29 is 14.5 Å². The average molecular weight is 512 g/mol. The Hall–Kier alpha value is -4.50. The predicted molar refractivity (Wildman–Crippen MR) is 149 cm³/mol. The summed E-state index contributed by atoms with van der Waals surface area (Å²) in [5.74, 6) is -1.03. The molecule has 3 aromatic carbocycles. The van der Waals surface area contributed by atoms with E-state index in [1.807, 2.05) is 42.5 Å². The van der Waals surface area contributed by atoms with Crippen molar-refractivity contribution in [3.8, 4) is 0 Å². The third-order valence-electron chi connectivity index (χ3n) is 6.97. The molecule has 2 aliphatic rings. The van der Waals surface area contributed by atoms with E-state index in [0.717, 1.165) is 54.4 Å². The summed E-state index contributed by atoms with van der Waals surface area (Å²) in [6, 6.07) is 21.6. The first kappa shape index (κ1) is 25.2. The molecular weight excluding hydrogens is 482 g/mol. The molecule has 194 valence electrons. The molecule has 0 radical (unpaired) electrons. The van der Waals surface area contributed by atoms with E-state index < -0.39 is 16.7 Å². The first-order chi connectivity index (χ1) is 18.3. The van der Waals surface area contributed by atoms with Crippen molar-refractivity contribution in [2.75, 3.05) is 48.3 Å². The normalized spacial score (nSPS) is 17.2. The van der Waals surface area contributed by atoms with Crippen molar-refractivity contribution in [1.82, 2.24) is 4.90 Å². The zero-order valence-corrected chi connectivity index (χ0v) is 21.4. The van der Waals surface area contributed by atoms with Crippen LogP contribution in [0, 0.1) is 10.1 Å². The van der Waals surface area contributed by atoms with Crippen LogP contribution in [0.4, 0.5) is 22.7 Å². The maximum absolute atomic E-state index is 13.6. The average Bonchev–Trinajstić information content (AvgIpc) is 3.03. The SMILES string of the molecule is CC(=O)N1C(=O)/C(=C(\Nc2ccc(N3CCCN(C)CC3)cc2)c2ccccc2)c2ccc([N+](=O)[O-])cc21. The molecule has 2 heterocycles. The number of carbonyl (C=O) groups is 2. The molecule has 2 amide bonds. The summed E-state index contributed by atoms with van der Waals surface area (Å²) < 4.78 is 0. The van der Waals surface area contributed by atoms with Gasteiger partial charge in [-0.25, -0.2) is 4.90 Å². The van der Waals surface area contributed by atoms with Crippen LogP contribution in [0.1, 0.15) is 24.5 Å². The molecule has 9 heteroatoms. The van der Waals surface area contributed by atoms with E-state index in [1.54, 1.807) is 0 Å². The van der Waals surface area contributed by atoms with E-state index in [0.29, 0.717) is 11.3 Å². The molecule has 0 saturated carbocycles. The second-order valence-corrected chi connectivity index (χ2v) is 9.55. The minimum absolute atomic E-state index is 0.187. The van der Waals surface area contributed by atoms with E-state index in [9.17, 15) is 19.7 Å². The van der Waals surface area contributed by atoms with Crippen molar-refractivity contribution in [2.45, 2.75) is 13.3 Å². The Bertz CT molecular complexity index is 1420. The molecule has 38 heavy (non-hydrogen) atoms. The molecule has 5 rings (SSSR count). The van der Waals surface area contributed by atoms with Gasteiger partial charge in [0.05, 0.1) is 21.9 Å². The number of fused-ring (bicyclic) bond motifs is 1. The zero-order chi connectivity index (χ0) is 26.8. The maximum atomic E-state index is 13.6. The number of nitrogens with one attached hydrogen (secondary N) is 1. The minimum atomic E-state index is -0.537. The van der Waals surface area contributed by atoms with E-state index in [-0.39, 0.29) is 16.9 Å². The van der Waals surface area contributed by atoms with E-state index in [2.05, 4.69) is 34.3 Å². The second-order valence-electron chi connectivity index (χ2n) is 9.55. The molecular formula is C29H29N5O4. The Morgan fingerprint density at radius 1 is 0.947 bits per heavy atom. The van der Waals surface area contributed by atoms with Crippen molar-refractivity contribution >= 4 is 45.8 Å². The van der Waals surface area contributed by atoms with Crippen molar-refractivity contribution in [3.05, 3.63) is 94.0 Å². The quantitative estimate of drug-likeness (QED) is 0.303. The van der Waals surface area contributed by atoms with Gasteiger partial charge in [0.15, 0.2) is 0 Å². The van der Waals surface area contributed by atoms with Gasteiger partial charge >= 0.3 is 0 Å². The molecule has 0 atom stereocenters. The predicted octanol–water partition coefficient (Wildman–Crippen LogP) is 4.61. The summed E-state index contributed by atoms with van der Waals surface area (Å²) in [5, 5.41) is 14.8. The van der Waals surface area contributed by atoms with Crippen molar-refractivity contribution in [3.63, 3.8) is 0 Å². The maximum Gasteiger partial charge on any atom is 0.271 e. The van der Waals surface area contributed by atoms with Gasteiger partial charge in [-0.15, -0.1) is 0 Å². The number of imide groups is 1. The molecule has 0 bridgehead atoms. The standard InChI is InChI=1S/C29H29N5O4/c1-20(35)33-26-19-24(34(37)38)13-14-25(26)27(29(33)36)28(21-7-4-3-5-8-21)30-22-9-11-23(12-10-22)32-16-6-15-31(2)17-18-32/h3-5,7-14,19,30H,6,15-18H2,1-2H3/b28-27-. The lowest BCUT2D eigenvalue weighted by Gasteiger charge is -2.23. The van der Waals surface area contributed by atoms with Gasteiger partial charge in [0.2, 0.25) is 5.91 Å². The second kappa shape index (κ2) is 10.5. The number of likely N-dealkylation sites (N-methyl/N-ethyl adjacent to an activating group) is 1. The molecule has 1 saturated heterocycles. The summed E-state index contributed by atoms with van der Waals surface area (Å²) in [5.41, 5.74) is 3.98. The smallest absolute Gasteiger partial charge is 0.271 e. The highest BCUT2D eigenvalue weighted by Crippen LogP contribution is 2.43. The zero-order valence-electron chi connectivity index (χ0n) is 21.4. The van der Waals surface area contributed by atoms with Gasteiger partial charge in [0.25, 0.3) is 11.6 Å². The van der Waals surface area contributed by atoms with E-state index in [1.165, 1.54) is 25.1 Å². The fourth-order valence-corrected chi connectivity index (χ4v) is 5.01. The number of nitro groups is 1. The Morgan fingerprint density at radius 3 is 2.37 bits per heavy atom. The van der Waals surface area contributed by atoms with Crippen LogP contribution in [0.5, 0.6) is 0 Å². The van der Waals surface area contributed by atoms with Crippen LogP contribution in [0.25, 0.3) is 11.3 Å². The van der Waals surface area contributed by atoms with Crippen LogP contribution >= 0.6 is 0 Å². The highest BCUT2D eigenvalue weighted by atomic mass is 16.6. The van der Waals surface area contributed by atoms with Crippen LogP contribution in [0.2, 0.25) is 0 Å². The number of nitrogens with zero attached hydrogens (tertiary/aromatic N) is 4. The van der Waals surface area contributed by atoms with Crippen LogP contribution in [0.15, 0.2) is 72.8 Å². The van der Waals surface area contributed by atoms with Gasteiger partial charge in [-0.05, 0) is 55.9 Å². The van der Waals surface area contributed by atoms with Crippen molar-refractivity contribution in [1.29, 1.82) is 0 Å². The molecule has 1 fully saturated rings. The number of rotatable bonds is 5. The Labute approximate surface area is 221 Å². The molecule has 0 unspecified atom stereocenters. The van der Waals surface area contributed by atoms with Crippen LogP contribution < -0.4 is 15.1 Å². The summed E-state index contributed by atoms with van der Waals surface area (Å²) in [6.45, 7) is 5.32. The lowest BCUT2D eigenvalue weighted by molar-refractivity contribution is -0.384. The van der Waals surface area contributed by atoms with Gasteiger partial charge in [0.1, 0.15) is 0 Å². The van der Waals surface area contributed by atoms with Gasteiger partial charge < -0.3 is 15.1 Å². The summed E-state index contributed by atoms with van der Waals surface area (Å²) >= 11 is 0.